The number of aromatic nitrogens is 6. The van der Waals surface area contributed by atoms with Crippen LogP contribution in [0.25, 0.3) is 5.69 Å². The van der Waals surface area contributed by atoms with E-state index in [-0.39, 0.29) is 18.3 Å². The van der Waals surface area contributed by atoms with E-state index in [9.17, 15) is 4.79 Å². The lowest BCUT2D eigenvalue weighted by Crippen LogP contribution is -2.39. The Morgan fingerprint density at radius 1 is 1.13 bits per heavy atom. The zero-order valence-corrected chi connectivity index (χ0v) is 17.7. The molecule has 0 atom stereocenters. The first-order valence-corrected chi connectivity index (χ1v) is 10.1. The van der Waals surface area contributed by atoms with Crippen LogP contribution >= 0.6 is 12.4 Å². The summed E-state index contributed by atoms with van der Waals surface area (Å²) in [7, 11) is 0. The molecule has 0 bridgehead atoms. The number of benzene rings is 1. The van der Waals surface area contributed by atoms with Gasteiger partial charge in [0.1, 0.15) is 11.6 Å². The number of aryl methyl sites for hydroxylation is 1. The van der Waals surface area contributed by atoms with Crippen LogP contribution in [0.1, 0.15) is 46.5 Å². The van der Waals surface area contributed by atoms with Crippen LogP contribution in [0.15, 0.2) is 30.5 Å². The first kappa shape index (κ1) is 20.5. The van der Waals surface area contributed by atoms with Gasteiger partial charge in [-0.15, -0.1) is 27.7 Å². The molecule has 10 heteroatoms. The Hall–Kier alpha value is -2.78. The van der Waals surface area contributed by atoms with Gasteiger partial charge in [-0.3, -0.25) is 4.79 Å². The minimum Gasteiger partial charge on any atom is -0.337 e. The van der Waals surface area contributed by atoms with Gasteiger partial charge in [-0.2, -0.15) is 0 Å². The van der Waals surface area contributed by atoms with Crippen molar-refractivity contribution in [1.29, 1.82) is 0 Å². The number of halogens is 1. The number of amides is 1. The lowest BCUT2D eigenvalue weighted by atomic mass is 9.95. The number of hydrogen-bond acceptors (Lipinski definition) is 6. The first-order chi connectivity index (χ1) is 14.2. The van der Waals surface area contributed by atoms with Crippen molar-refractivity contribution in [2.24, 2.45) is 0 Å². The Morgan fingerprint density at radius 2 is 1.97 bits per heavy atom. The van der Waals surface area contributed by atoms with Gasteiger partial charge >= 0.3 is 0 Å². The SMILES string of the molecule is Cc1cccc(-n2cc(C(=O)N3CCC(c4nnc5n4CCNC5)CC3)nn2)c1.Cl. The fourth-order valence-corrected chi connectivity index (χ4v) is 4.18. The summed E-state index contributed by atoms with van der Waals surface area (Å²) in [5, 5.41) is 20.3. The van der Waals surface area contributed by atoms with E-state index in [1.54, 1.807) is 10.9 Å². The average molecular weight is 429 g/mol. The molecule has 0 aliphatic carbocycles. The zero-order valence-electron chi connectivity index (χ0n) is 16.9. The number of carbonyl (C=O) groups is 1. The third-order valence-corrected chi connectivity index (χ3v) is 5.78. The number of piperidine rings is 1. The van der Waals surface area contributed by atoms with Gasteiger partial charge in [-0.1, -0.05) is 17.3 Å². The topological polar surface area (TPSA) is 93.8 Å². The Balaban J connectivity index is 0.00000218. The number of fused-ring (bicyclic) bond motifs is 1. The highest BCUT2D eigenvalue weighted by atomic mass is 35.5. The summed E-state index contributed by atoms with van der Waals surface area (Å²) >= 11 is 0. The van der Waals surface area contributed by atoms with Crippen LogP contribution in [0.3, 0.4) is 0 Å². The number of nitrogens with zero attached hydrogens (tertiary/aromatic N) is 7. The molecule has 1 fully saturated rings. The quantitative estimate of drug-likeness (QED) is 0.682. The Labute approximate surface area is 180 Å². The van der Waals surface area contributed by atoms with Crippen molar-refractivity contribution in [3.8, 4) is 5.69 Å². The Kier molecular flexibility index (Phi) is 5.83. The second-order valence-corrected chi connectivity index (χ2v) is 7.76. The van der Waals surface area contributed by atoms with Gasteiger partial charge in [-0.05, 0) is 37.5 Å². The molecular weight excluding hydrogens is 404 g/mol. The lowest BCUT2D eigenvalue weighted by molar-refractivity contribution is 0.0704. The predicted octanol–water partition coefficient (Wildman–Crippen LogP) is 1.71. The fraction of sp³-hybridized carbons (Fsp3) is 0.450. The van der Waals surface area contributed by atoms with Crippen LogP contribution < -0.4 is 5.32 Å². The van der Waals surface area contributed by atoms with Crippen molar-refractivity contribution < 1.29 is 4.79 Å². The summed E-state index contributed by atoms with van der Waals surface area (Å²) in [4.78, 5) is 14.8. The van der Waals surface area contributed by atoms with E-state index in [1.165, 1.54) is 0 Å². The molecule has 0 unspecified atom stereocenters. The van der Waals surface area contributed by atoms with Crippen molar-refractivity contribution in [1.82, 2.24) is 40.0 Å². The number of likely N-dealkylation sites (tertiary alicyclic amines) is 1. The molecule has 0 spiro atoms. The maximum Gasteiger partial charge on any atom is 0.276 e. The van der Waals surface area contributed by atoms with Crippen LogP contribution in [0.5, 0.6) is 0 Å². The van der Waals surface area contributed by atoms with Gasteiger partial charge < -0.3 is 14.8 Å². The van der Waals surface area contributed by atoms with E-state index in [0.29, 0.717) is 24.7 Å². The minimum absolute atomic E-state index is 0. The molecule has 0 radical (unpaired) electrons. The van der Waals surface area contributed by atoms with Crippen molar-refractivity contribution in [2.45, 2.75) is 38.8 Å². The third kappa shape index (κ3) is 3.82. The van der Waals surface area contributed by atoms with Crippen molar-refractivity contribution in [3.63, 3.8) is 0 Å². The van der Waals surface area contributed by atoms with Gasteiger partial charge in [-0.25, -0.2) is 4.68 Å². The Morgan fingerprint density at radius 3 is 2.77 bits per heavy atom. The summed E-state index contributed by atoms with van der Waals surface area (Å²) in [6.07, 6.45) is 3.50. The molecule has 5 rings (SSSR count). The van der Waals surface area contributed by atoms with Gasteiger partial charge in [0, 0.05) is 32.1 Å². The highest BCUT2D eigenvalue weighted by Crippen LogP contribution is 2.28. The lowest BCUT2D eigenvalue weighted by Gasteiger charge is -2.31. The molecule has 1 saturated heterocycles. The molecule has 4 heterocycles. The molecule has 9 nitrogen and oxygen atoms in total. The highest BCUT2D eigenvalue weighted by molar-refractivity contribution is 5.92. The van der Waals surface area contributed by atoms with Gasteiger partial charge in [0.2, 0.25) is 0 Å². The van der Waals surface area contributed by atoms with E-state index < -0.39 is 0 Å². The van der Waals surface area contributed by atoms with Crippen LogP contribution in [0.4, 0.5) is 0 Å². The van der Waals surface area contributed by atoms with Crippen LogP contribution in [0.2, 0.25) is 0 Å². The number of rotatable bonds is 3. The molecule has 30 heavy (non-hydrogen) atoms. The summed E-state index contributed by atoms with van der Waals surface area (Å²) in [5.41, 5.74) is 2.43. The van der Waals surface area contributed by atoms with Crippen LogP contribution in [0, 0.1) is 6.92 Å². The average Bonchev–Trinajstić information content (AvgIpc) is 3.41. The monoisotopic (exact) mass is 428 g/mol. The predicted molar refractivity (Wildman–Crippen MR) is 113 cm³/mol. The molecule has 2 aliphatic rings. The second kappa shape index (κ2) is 8.53. The molecule has 2 aromatic heterocycles. The van der Waals surface area contributed by atoms with Gasteiger partial charge in [0.15, 0.2) is 5.69 Å². The molecule has 1 N–H and O–H groups in total. The number of carbonyl (C=O) groups excluding carboxylic acids is 1. The minimum atomic E-state index is -0.0603. The molecule has 1 amide bonds. The third-order valence-electron chi connectivity index (χ3n) is 5.78. The maximum absolute atomic E-state index is 12.9. The second-order valence-electron chi connectivity index (χ2n) is 7.76. The van der Waals surface area contributed by atoms with Crippen molar-refractivity contribution in [3.05, 3.63) is 53.4 Å². The maximum atomic E-state index is 12.9. The van der Waals surface area contributed by atoms with Crippen molar-refractivity contribution in [2.75, 3.05) is 19.6 Å². The number of nitrogens with one attached hydrogen (secondary N) is 1. The summed E-state index contributed by atoms with van der Waals surface area (Å²) in [6, 6.07) is 7.97. The fourth-order valence-electron chi connectivity index (χ4n) is 4.18. The van der Waals surface area contributed by atoms with Gasteiger partial charge in [0.05, 0.1) is 18.4 Å². The molecule has 2 aliphatic heterocycles. The summed E-state index contributed by atoms with van der Waals surface area (Å²) < 4.78 is 3.90. The Bertz CT molecular complexity index is 1040. The van der Waals surface area contributed by atoms with E-state index in [0.717, 1.165) is 55.4 Å². The molecular formula is C20H25ClN8O. The molecule has 158 valence electrons. The molecule has 1 aromatic carbocycles. The van der Waals surface area contributed by atoms with Crippen LogP contribution in [-0.2, 0) is 13.1 Å². The van der Waals surface area contributed by atoms with E-state index in [4.69, 9.17) is 0 Å². The number of hydrogen-bond donors (Lipinski definition) is 1. The summed E-state index contributed by atoms with van der Waals surface area (Å²) in [6.45, 7) is 6.06. The van der Waals surface area contributed by atoms with E-state index >= 15 is 0 Å². The largest absolute Gasteiger partial charge is 0.337 e. The van der Waals surface area contributed by atoms with Crippen LogP contribution in [-0.4, -0.2) is 60.2 Å². The van der Waals surface area contributed by atoms with Gasteiger partial charge in [0.25, 0.3) is 5.91 Å². The normalized spacial score (nSPS) is 16.8. The van der Waals surface area contributed by atoms with E-state index in [1.807, 2.05) is 36.1 Å². The zero-order chi connectivity index (χ0) is 19.8. The first-order valence-electron chi connectivity index (χ1n) is 10.1. The molecule has 0 saturated carbocycles. The standard InChI is InChI=1S/C20H24N8O.ClH/c1-14-3-2-4-16(11-14)28-13-17(22-25-28)20(29)26-8-5-15(6-9-26)19-24-23-18-12-21-7-10-27(18)19;/h2-4,11,13,15,21H,5-10,12H2,1H3;1H. The van der Waals surface area contributed by atoms with Crippen molar-refractivity contribution >= 4 is 18.3 Å². The van der Waals surface area contributed by atoms with E-state index in [2.05, 4.69) is 30.4 Å². The highest BCUT2D eigenvalue weighted by Gasteiger charge is 2.30. The summed E-state index contributed by atoms with van der Waals surface area (Å²) in [5.74, 6) is 2.37. The smallest absolute Gasteiger partial charge is 0.276 e. The molecule has 3 aromatic rings.